The number of anilines is 2. The molecule has 0 spiro atoms. The first kappa shape index (κ1) is 20.1. The average Bonchev–Trinajstić information content (AvgIpc) is 3.17. The fourth-order valence-electron chi connectivity index (χ4n) is 4.21. The van der Waals surface area contributed by atoms with E-state index < -0.39 is 10.8 Å². The number of aromatic nitrogens is 4. The summed E-state index contributed by atoms with van der Waals surface area (Å²) in [5, 5.41) is 13.3. The van der Waals surface area contributed by atoms with E-state index in [9.17, 15) is 9.32 Å². The van der Waals surface area contributed by atoms with Gasteiger partial charge in [0.1, 0.15) is 10.7 Å². The molecule has 2 aromatic heterocycles. The molecule has 160 valence electrons. The normalized spacial score (nSPS) is 21.6. The highest BCUT2D eigenvalue weighted by Crippen LogP contribution is 2.38. The Labute approximate surface area is 183 Å². The summed E-state index contributed by atoms with van der Waals surface area (Å²) in [5.41, 5.74) is 2.23. The van der Waals surface area contributed by atoms with Crippen molar-refractivity contribution in [3.05, 3.63) is 35.6 Å². The summed E-state index contributed by atoms with van der Waals surface area (Å²) >= 11 is 0. The smallest absolute Gasteiger partial charge is 0.227 e. The number of nitrogens with zero attached hydrogens (tertiary/aromatic N) is 5. The van der Waals surface area contributed by atoms with Crippen LogP contribution < -0.4 is 10.2 Å². The SMILES string of the molecule is C#Cc1cnc(C2=CCN(c3nc4c(c(NC5(CO)CCC5)n3)[S@](=O)CC4)CC2)nc1. The molecule has 0 radical (unpaired) electrons. The van der Waals surface area contributed by atoms with E-state index in [1.807, 2.05) is 0 Å². The van der Waals surface area contributed by atoms with Crippen molar-refractivity contribution in [3.8, 4) is 12.3 Å². The topological polar surface area (TPSA) is 104 Å². The van der Waals surface area contributed by atoms with Gasteiger partial charge in [0.05, 0.1) is 34.2 Å². The third-order valence-corrected chi connectivity index (χ3v) is 7.73. The van der Waals surface area contributed by atoms with Gasteiger partial charge in [-0.1, -0.05) is 12.0 Å². The average molecular weight is 437 g/mol. The molecule has 0 amide bonds. The van der Waals surface area contributed by atoms with Crippen LogP contribution in [0.25, 0.3) is 5.57 Å². The fourth-order valence-corrected chi connectivity index (χ4v) is 5.52. The summed E-state index contributed by atoms with van der Waals surface area (Å²) in [6, 6.07) is 0. The third kappa shape index (κ3) is 3.70. The second kappa shape index (κ2) is 8.02. The first-order valence-electron chi connectivity index (χ1n) is 10.5. The van der Waals surface area contributed by atoms with Gasteiger partial charge in [0, 0.05) is 37.7 Å². The van der Waals surface area contributed by atoms with Crippen LogP contribution in [0.5, 0.6) is 0 Å². The summed E-state index contributed by atoms with van der Waals surface area (Å²) in [6.07, 6.45) is 15.1. The predicted octanol–water partition coefficient (Wildman–Crippen LogP) is 1.53. The van der Waals surface area contributed by atoms with Crippen molar-refractivity contribution in [2.45, 2.75) is 42.5 Å². The second-order valence-corrected chi connectivity index (χ2v) is 9.74. The molecule has 5 rings (SSSR count). The van der Waals surface area contributed by atoms with Crippen molar-refractivity contribution < 1.29 is 9.32 Å². The number of fused-ring (bicyclic) bond motifs is 1. The van der Waals surface area contributed by atoms with Crippen molar-refractivity contribution in [2.24, 2.45) is 0 Å². The van der Waals surface area contributed by atoms with Gasteiger partial charge in [0.2, 0.25) is 5.95 Å². The van der Waals surface area contributed by atoms with Crippen LogP contribution in [0.15, 0.2) is 23.4 Å². The summed E-state index contributed by atoms with van der Waals surface area (Å²) < 4.78 is 12.6. The van der Waals surface area contributed by atoms with Crippen LogP contribution in [-0.2, 0) is 17.2 Å². The van der Waals surface area contributed by atoms with Gasteiger partial charge in [-0.25, -0.2) is 15.0 Å². The molecule has 1 saturated carbocycles. The first-order valence-corrected chi connectivity index (χ1v) is 11.8. The van der Waals surface area contributed by atoms with Gasteiger partial charge < -0.3 is 15.3 Å². The quantitative estimate of drug-likeness (QED) is 0.680. The molecule has 9 heteroatoms. The van der Waals surface area contributed by atoms with Crippen molar-refractivity contribution in [2.75, 3.05) is 35.7 Å². The monoisotopic (exact) mass is 436 g/mol. The maximum atomic E-state index is 12.6. The summed E-state index contributed by atoms with van der Waals surface area (Å²) in [5.74, 6) is 5.05. The van der Waals surface area contributed by atoms with E-state index in [2.05, 4.69) is 32.2 Å². The molecule has 1 atom stereocenters. The highest BCUT2D eigenvalue weighted by Gasteiger charge is 2.39. The Hall–Kier alpha value is -2.83. The standard InChI is InChI=1S/C22H24N6O2S/c1-2-15-12-23-19(24-13-15)16-4-9-28(10-5-16)21-25-17-6-11-31(30)18(17)20(26-21)27-22(14-29)7-3-8-22/h1,4,12-13,29H,3,5-11,14H2,(H,25,26,27)/t31-/m1/s1. The zero-order chi connectivity index (χ0) is 21.4. The minimum absolute atomic E-state index is 0.0437. The molecule has 0 aromatic carbocycles. The molecule has 31 heavy (non-hydrogen) atoms. The van der Waals surface area contributed by atoms with Crippen LogP contribution in [0.2, 0.25) is 0 Å². The maximum Gasteiger partial charge on any atom is 0.227 e. The Morgan fingerprint density at radius 3 is 2.68 bits per heavy atom. The predicted molar refractivity (Wildman–Crippen MR) is 119 cm³/mol. The number of aryl methyl sites for hydroxylation is 1. The lowest BCUT2D eigenvalue weighted by Gasteiger charge is -2.41. The van der Waals surface area contributed by atoms with Crippen LogP contribution in [0.4, 0.5) is 11.8 Å². The van der Waals surface area contributed by atoms with Gasteiger partial charge in [-0.2, -0.15) is 4.98 Å². The Morgan fingerprint density at radius 2 is 2.06 bits per heavy atom. The highest BCUT2D eigenvalue weighted by atomic mass is 32.2. The van der Waals surface area contributed by atoms with E-state index in [4.69, 9.17) is 16.4 Å². The maximum absolute atomic E-state index is 12.6. The Kier molecular flexibility index (Phi) is 5.20. The van der Waals surface area contributed by atoms with Crippen molar-refractivity contribution >= 4 is 28.1 Å². The van der Waals surface area contributed by atoms with Crippen LogP contribution >= 0.6 is 0 Å². The number of hydrogen-bond acceptors (Lipinski definition) is 8. The number of aliphatic hydroxyl groups excluding tert-OH is 1. The van der Waals surface area contributed by atoms with E-state index in [1.54, 1.807) is 12.4 Å². The molecule has 2 aromatic rings. The summed E-state index contributed by atoms with van der Waals surface area (Å²) in [6.45, 7) is 1.42. The summed E-state index contributed by atoms with van der Waals surface area (Å²) in [4.78, 5) is 21.1. The minimum Gasteiger partial charge on any atom is -0.394 e. The lowest BCUT2D eigenvalue weighted by atomic mass is 9.77. The zero-order valence-electron chi connectivity index (χ0n) is 17.2. The van der Waals surface area contributed by atoms with Gasteiger partial charge in [0.25, 0.3) is 0 Å². The molecule has 2 N–H and O–H groups in total. The van der Waals surface area contributed by atoms with Gasteiger partial charge in [-0.3, -0.25) is 4.21 Å². The molecule has 4 heterocycles. The number of terminal acetylenes is 1. The molecule has 2 aliphatic heterocycles. The molecule has 0 unspecified atom stereocenters. The van der Waals surface area contributed by atoms with Gasteiger partial charge in [0.15, 0.2) is 5.82 Å². The van der Waals surface area contributed by atoms with E-state index in [-0.39, 0.29) is 12.1 Å². The molecular formula is C22H24N6O2S. The van der Waals surface area contributed by atoms with Crippen LogP contribution in [-0.4, -0.2) is 60.2 Å². The largest absolute Gasteiger partial charge is 0.394 e. The highest BCUT2D eigenvalue weighted by molar-refractivity contribution is 7.85. The number of nitrogens with one attached hydrogen (secondary N) is 1. The van der Waals surface area contributed by atoms with E-state index >= 15 is 0 Å². The molecule has 0 bridgehead atoms. The van der Waals surface area contributed by atoms with Gasteiger partial charge in [-0.15, -0.1) is 6.42 Å². The van der Waals surface area contributed by atoms with Crippen LogP contribution in [0, 0.1) is 12.3 Å². The van der Waals surface area contributed by atoms with Crippen molar-refractivity contribution in [1.29, 1.82) is 0 Å². The van der Waals surface area contributed by atoms with E-state index in [0.717, 1.165) is 43.5 Å². The summed E-state index contributed by atoms with van der Waals surface area (Å²) in [7, 11) is -1.10. The Morgan fingerprint density at radius 1 is 1.26 bits per heavy atom. The molecule has 8 nitrogen and oxygen atoms in total. The molecule has 0 saturated heterocycles. The van der Waals surface area contributed by atoms with E-state index in [1.165, 1.54) is 0 Å². The Bertz CT molecular complexity index is 1100. The van der Waals surface area contributed by atoms with Crippen molar-refractivity contribution in [3.63, 3.8) is 0 Å². The van der Waals surface area contributed by atoms with Crippen LogP contribution in [0.3, 0.4) is 0 Å². The molecule has 1 aliphatic carbocycles. The van der Waals surface area contributed by atoms with Crippen molar-refractivity contribution in [1.82, 2.24) is 19.9 Å². The number of aliphatic hydroxyl groups is 1. The van der Waals surface area contributed by atoms with Gasteiger partial charge in [-0.05, 0) is 31.3 Å². The van der Waals surface area contributed by atoms with Crippen LogP contribution in [0.1, 0.15) is 42.8 Å². The molecular weight excluding hydrogens is 412 g/mol. The second-order valence-electron chi connectivity index (χ2n) is 8.23. The fraction of sp³-hybridized carbons (Fsp3) is 0.455. The molecule has 1 fully saturated rings. The number of rotatable bonds is 5. The zero-order valence-corrected chi connectivity index (χ0v) is 18.0. The van der Waals surface area contributed by atoms with Gasteiger partial charge >= 0.3 is 0 Å². The molecule has 3 aliphatic rings. The first-order chi connectivity index (χ1) is 15.1. The van der Waals surface area contributed by atoms with E-state index in [0.29, 0.717) is 46.8 Å². The Balaban J connectivity index is 1.40. The lowest BCUT2D eigenvalue weighted by molar-refractivity contribution is 0.143. The minimum atomic E-state index is -1.10. The third-order valence-electron chi connectivity index (χ3n) is 6.27. The number of hydrogen-bond donors (Lipinski definition) is 2. The lowest BCUT2D eigenvalue weighted by Crippen LogP contribution is -2.48.